The zero-order chi connectivity index (χ0) is 19.2. The van der Waals surface area contributed by atoms with Gasteiger partial charge in [-0.15, -0.1) is 5.10 Å². The summed E-state index contributed by atoms with van der Waals surface area (Å²) >= 11 is 0. The van der Waals surface area contributed by atoms with Gasteiger partial charge in [-0.1, -0.05) is 60.5 Å². The summed E-state index contributed by atoms with van der Waals surface area (Å²) in [5.74, 6) is -0.0865. The maximum Gasteiger partial charge on any atom is 0.273 e. The molecule has 1 saturated carbocycles. The quantitative estimate of drug-likeness (QED) is 0.836. The van der Waals surface area contributed by atoms with Crippen LogP contribution in [0.5, 0.6) is 0 Å². The Balaban J connectivity index is 1.31. The summed E-state index contributed by atoms with van der Waals surface area (Å²) in [6, 6.07) is 11.0. The van der Waals surface area contributed by atoms with Crippen molar-refractivity contribution < 1.29 is 4.79 Å². The van der Waals surface area contributed by atoms with E-state index in [9.17, 15) is 4.79 Å². The van der Waals surface area contributed by atoms with E-state index in [1.54, 1.807) is 0 Å². The van der Waals surface area contributed by atoms with Crippen molar-refractivity contribution in [3.8, 4) is 0 Å². The van der Waals surface area contributed by atoms with E-state index in [-0.39, 0.29) is 11.9 Å². The minimum atomic E-state index is -0.0865. The van der Waals surface area contributed by atoms with Gasteiger partial charge in [0.05, 0.1) is 12.2 Å². The third-order valence-corrected chi connectivity index (χ3v) is 5.76. The van der Waals surface area contributed by atoms with Crippen LogP contribution in [0.3, 0.4) is 0 Å². The van der Waals surface area contributed by atoms with Crippen LogP contribution in [-0.2, 0) is 0 Å². The zero-order valence-corrected chi connectivity index (χ0v) is 16.3. The molecule has 4 rings (SSSR count). The van der Waals surface area contributed by atoms with Crippen molar-refractivity contribution >= 4 is 12.0 Å². The lowest BCUT2D eigenvalue weighted by molar-refractivity contribution is 0.0932. The number of aromatic nitrogens is 3. The summed E-state index contributed by atoms with van der Waals surface area (Å²) in [5.41, 5.74) is 1.67. The zero-order valence-electron chi connectivity index (χ0n) is 16.3. The van der Waals surface area contributed by atoms with E-state index in [0.29, 0.717) is 11.7 Å². The largest absolute Gasteiger partial charge is 0.348 e. The van der Waals surface area contributed by atoms with Crippen LogP contribution in [0.15, 0.2) is 42.6 Å². The summed E-state index contributed by atoms with van der Waals surface area (Å²) in [6.45, 7) is 2.96. The van der Waals surface area contributed by atoms with Crippen LogP contribution in [0, 0.1) is 0 Å². The highest BCUT2D eigenvalue weighted by molar-refractivity contribution is 5.92. The number of hydrogen-bond donors (Lipinski definition) is 1. The first-order valence-corrected chi connectivity index (χ1v) is 10.4. The highest BCUT2D eigenvalue weighted by Gasteiger charge is 2.24. The molecule has 2 aromatic rings. The van der Waals surface area contributed by atoms with Gasteiger partial charge in [0.15, 0.2) is 5.69 Å². The first kappa shape index (κ1) is 18.9. The maximum absolute atomic E-state index is 12.4. The fraction of sp³-hybridized carbons (Fsp3) is 0.500. The van der Waals surface area contributed by atoms with Gasteiger partial charge in [-0.3, -0.25) is 9.69 Å². The number of amides is 1. The predicted molar refractivity (Wildman–Crippen MR) is 110 cm³/mol. The summed E-state index contributed by atoms with van der Waals surface area (Å²) in [4.78, 5) is 14.8. The van der Waals surface area contributed by atoms with Crippen LogP contribution in [0.1, 0.15) is 60.6 Å². The molecule has 148 valence electrons. The van der Waals surface area contributed by atoms with E-state index in [1.165, 1.54) is 18.4 Å². The second-order valence-corrected chi connectivity index (χ2v) is 7.91. The molecule has 2 aliphatic rings. The molecule has 0 bridgehead atoms. The number of nitrogens with zero attached hydrogens (tertiary/aromatic N) is 4. The Labute approximate surface area is 166 Å². The number of rotatable bonds is 6. The molecule has 2 fully saturated rings. The lowest BCUT2D eigenvalue weighted by atomic mass is 10.1. The Morgan fingerprint density at radius 2 is 1.96 bits per heavy atom. The first-order valence-electron chi connectivity index (χ1n) is 10.4. The number of nitrogens with one attached hydrogen (secondary N) is 1. The summed E-state index contributed by atoms with van der Waals surface area (Å²) < 4.78 is 1.89. The molecule has 6 heteroatoms. The van der Waals surface area contributed by atoms with Gasteiger partial charge >= 0.3 is 0 Å². The minimum Gasteiger partial charge on any atom is -0.348 e. The van der Waals surface area contributed by atoms with Gasteiger partial charge in [-0.25, -0.2) is 4.68 Å². The molecule has 0 spiro atoms. The maximum atomic E-state index is 12.4. The monoisotopic (exact) mass is 379 g/mol. The van der Waals surface area contributed by atoms with Gasteiger partial charge < -0.3 is 5.32 Å². The average molecular weight is 380 g/mol. The predicted octanol–water partition coefficient (Wildman–Crippen LogP) is 3.30. The normalized spacial score (nSPS) is 21.4. The average Bonchev–Trinajstić information content (AvgIpc) is 3.41. The molecular formula is C22H29N5O. The molecule has 1 N–H and O–H groups in total. The van der Waals surface area contributed by atoms with Gasteiger partial charge in [0.1, 0.15) is 0 Å². The van der Waals surface area contributed by atoms with Gasteiger partial charge in [0.2, 0.25) is 0 Å². The fourth-order valence-corrected chi connectivity index (χ4v) is 4.20. The van der Waals surface area contributed by atoms with Crippen molar-refractivity contribution in [3.63, 3.8) is 0 Å². The van der Waals surface area contributed by atoms with Crippen molar-refractivity contribution in [1.82, 2.24) is 25.2 Å². The van der Waals surface area contributed by atoms with Gasteiger partial charge in [0.25, 0.3) is 5.91 Å². The van der Waals surface area contributed by atoms with Crippen molar-refractivity contribution in [1.29, 1.82) is 0 Å². The topological polar surface area (TPSA) is 63.1 Å². The lowest BCUT2D eigenvalue weighted by Crippen LogP contribution is -2.37. The van der Waals surface area contributed by atoms with Crippen molar-refractivity contribution in [2.45, 2.75) is 50.6 Å². The smallest absolute Gasteiger partial charge is 0.273 e. The van der Waals surface area contributed by atoms with Crippen LogP contribution in [0.25, 0.3) is 6.08 Å². The number of likely N-dealkylation sites (tertiary alicyclic amines) is 1. The number of hydrogen-bond acceptors (Lipinski definition) is 4. The third kappa shape index (κ3) is 4.87. The third-order valence-electron chi connectivity index (χ3n) is 5.76. The Morgan fingerprint density at radius 1 is 1.14 bits per heavy atom. The SMILES string of the molecule is O=C(NC1CCCC1)c1cn([C@@H]2CCCN(C/C=C/c3ccccc3)C2)nn1. The van der Waals surface area contributed by atoms with E-state index in [1.807, 2.05) is 16.9 Å². The fourth-order valence-electron chi connectivity index (χ4n) is 4.20. The standard InChI is InChI=1S/C22H29N5O/c28-22(23-19-11-4-5-12-19)21-17-27(25-24-21)20-13-7-15-26(16-20)14-6-10-18-8-2-1-3-9-18/h1-3,6,8-10,17,19-20H,4-5,7,11-16H2,(H,23,28)/b10-6+/t20-/m1/s1. The van der Waals surface area contributed by atoms with Crippen LogP contribution in [0.2, 0.25) is 0 Å². The van der Waals surface area contributed by atoms with E-state index in [0.717, 1.165) is 45.3 Å². The molecule has 1 aromatic carbocycles. The van der Waals surface area contributed by atoms with Crippen LogP contribution >= 0.6 is 0 Å². The van der Waals surface area contributed by atoms with E-state index < -0.39 is 0 Å². The van der Waals surface area contributed by atoms with Crippen molar-refractivity contribution in [2.75, 3.05) is 19.6 Å². The first-order chi connectivity index (χ1) is 13.8. The molecule has 1 atom stereocenters. The molecule has 0 unspecified atom stereocenters. The molecule has 6 nitrogen and oxygen atoms in total. The summed E-state index contributed by atoms with van der Waals surface area (Å²) in [6.07, 6.45) is 13.0. The molecule has 2 heterocycles. The Kier molecular flexibility index (Phi) is 6.17. The highest BCUT2D eigenvalue weighted by Crippen LogP contribution is 2.21. The van der Waals surface area contributed by atoms with Crippen LogP contribution in [0.4, 0.5) is 0 Å². The van der Waals surface area contributed by atoms with Crippen LogP contribution in [-0.4, -0.2) is 51.5 Å². The summed E-state index contributed by atoms with van der Waals surface area (Å²) in [5, 5.41) is 11.5. The molecular weight excluding hydrogens is 350 g/mol. The molecule has 0 radical (unpaired) electrons. The van der Waals surface area contributed by atoms with E-state index in [4.69, 9.17) is 0 Å². The van der Waals surface area contributed by atoms with Crippen molar-refractivity contribution in [3.05, 3.63) is 53.9 Å². The summed E-state index contributed by atoms with van der Waals surface area (Å²) in [7, 11) is 0. The number of carbonyl (C=O) groups is 1. The Morgan fingerprint density at radius 3 is 2.79 bits per heavy atom. The molecule has 1 aromatic heterocycles. The molecule has 1 aliphatic heterocycles. The van der Waals surface area contributed by atoms with Gasteiger partial charge in [-0.2, -0.15) is 0 Å². The van der Waals surface area contributed by atoms with Crippen LogP contribution < -0.4 is 5.32 Å². The van der Waals surface area contributed by atoms with E-state index >= 15 is 0 Å². The Bertz CT molecular complexity index is 794. The molecule has 1 aliphatic carbocycles. The van der Waals surface area contributed by atoms with Gasteiger partial charge in [-0.05, 0) is 37.8 Å². The van der Waals surface area contributed by atoms with Crippen molar-refractivity contribution in [2.24, 2.45) is 0 Å². The minimum absolute atomic E-state index is 0.0865. The number of benzene rings is 1. The Hall–Kier alpha value is -2.47. The van der Waals surface area contributed by atoms with E-state index in [2.05, 4.69) is 56.9 Å². The molecule has 1 saturated heterocycles. The highest BCUT2D eigenvalue weighted by atomic mass is 16.2. The number of carbonyl (C=O) groups excluding carboxylic acids is 1. The number of piperidine rings is 1. The molecule has 1 amide bonds. The second-order valence-electron chi connectivity index (χ2n) is 7.91. The second kappa shape index (κ2) is 9.15. The molecule has 28 heavy (non-hydrogen) atoms. The van der Waals surface area contributed by atoms with Gasteiger partial charge in [0, 0.05) is 19.1 Å². The lowest BCUT2D eigenvalue weighted by Gasteiger charge is -2.31.